The van der Waals surface area contributed by atoms with E-state index in [-0.39, 0.29) is 17.5 Å². The third-order valence-corrected chi connectivity index (χ3v) is 7.94. The van der Waals surface area contributed by atoms with Gasteiger partial charge in [-0.3, -0.25) is 9.36 Å². The summed E-state index contributed by atoms with van der Waals surface area (Å²) >= 11 is 0. The number of benzene rings is 2. The maximum atomic E-state index is 13.5. The van der Waals surface area contributed by atoms with Crippen molar-refractivity contribution in [2.75, 3.05) is 27.9 Å². The third-order valence-electron chi connectivity index (χ3n) is 7.94. The summed E-state index contributed by atoms with van der Waals surface area (Å²) in [5.41, 5.74) is 2.34. The zero-order chi connectivity index (χ0) is 24.7. The minimum Gasteiger partial charge on any atom is -0.496 e. The quantitative estimate of drug-likeness (QED) is 0.541. The largest absolute Gasteiger partial charge is 0.496 e. The van der Waals surface area contributed by atoms with Crippen molar-refractivity contribution in [1.82, 2.24) is 14.9 Å². The molecule has 2 aliphatic rings. The summed E-state index contributed by atoms with van der Waals surface area (Å²) in [5, 5.41) is 4.15. The Hall–Kier alpha value is -3.26. The topological polar surface area (TPSA) is 94.6 Å². The van der Waals surface area contributed by atoms with Gasteiger partial charge in [0.25, 0.3) is 5.56 Å². The molecule has 35 heavy (non-hydrogen) atoms. The summed E-state index contributed by atoms with van der Waals surface area (Å²) in [6, 6.07) is 9.71. The molecule has 1 aromatic heterocycles. The van der Waals surface area contributed by atoms with Crippen molar-refractivity contribution in [1.29, 1.82) is 0 Å². The second kappa shape index (κ2) is 9.41. The predicted molar refractivity (Wildman–Crippen MR) is 135 cm³/mol. The van der Waals surface area contributed by atoms with Crippen LogP contribution in [-0.4, -0.2) is 43.5 Å². The number of rotatable bonds is 7. The first-order chi connectivity index (χ1) is 17.0. The molecule has 0 bridgehead atoms. The number of ether oxygens (including phenoxy) is 3. The molecule has 0 radical (unpaired) electrons. The minimum absolute atomic E-state index is 0.0947. The van der Waals surface area contributed by atoms with E-state index >= 15 is 0 Å². The van der Waals surface area contributed by atoms with Gasteiger partial charge in [-0.05, 0) is 48.9 Å². The van der Waals surface area contributed by atoms with Crippen LogP contribution in [0.2, 0.25) is 0 Å². The average molecular weight is 480 g/mol. The van der Waals surface area contributed by atoms with Gasteiger partial charge in [0.2, 0.25) is 0 Å². The zero-order valence-electron chi connectivity index (χ0n) is 20.7. The second-order valence-corrected chi connectivity index (χ2v) is 9.56. The highest BCUT2D eigenvalue weighted by Crippen LogP contribution is 2.47. The highest BCUT2D eigenvalue weighted by molar-refractivity contribution is 5.81. The fourth-order valence-corrected chi connectivity index (χ4v) is 6.17. The molecular weight excluding hydrogens is 446 g/mol. The van der Waals surface area contributed by atoms with E-state index in [9.17, 15) is 9.59 Å². The monoisotopic (exact) mass is 479 g/mol. The maximum absolute atomic E-state index is 13.5. The summed E-state index contributed by atoms with van der Waals surface area (Å²) in [6.45, 7) is 3.39. The molecular formula is C27H33N3O5. The summed E-state index contributed by atoms with van der Waals surface area (Å²) < 4.78 is 17.8. The van der Waals surface area contributed by atoms with Crippen LogP contribution in [0, 0.1) is 11.8 Å². The van der Waals surface area contributed by atoms with Crippen molar-refractivity contribution in [2.45, 2.75) is 44.7 Å². The van der Waals surface area contributed by atoms with E-state index in [1.165, 1.54) is 29.9 Å². The number of fused-ring (bicyclic) bond motifs is 4. The van der Waals surface area contributed by atoms with E-state index in [4.69, 9.17) is 14.2 Å². The van der Waals surface area contributed by atoms with Crippen LogP contribution in [0.3, 0.4) is 0 Å². The van der Waals surface area contributed by atoms with Gasteiger partial charge in [0.05, 0.1) is 32.2 Å². The van der Waals surface area contributed by atoms with Crippen LogP contribution in [0.4, 0.5) is 0 Å². The Morgan fingerprint density at radius 1 is 1.06 bits per heavy atom. The SMILES string of the molecule is CCC(Cn1c(=O)[nH]c2cc(OC)c(OC)cc2c1=O)C1NC[C@@H]2CCc3cccc(OC)c3[C@H]12. The lowest BCUT2D eigenvalue weighted by molar-refractivity contribution is 0.280. The van der Waals surface area contributed by atoms with Gasteiger partial charge >= 0.3 is 5.69 Å². The lowest BCUT2D eigenvalue weighted by atomic mass is 9.71. The number of hydrogen-bond acceptors (Lipinski definition) is 6. The van der Waals surface area contributed by atoms with Gasteiger partial charge in [0.1, 0.15) is 5.75 Å². The van der Waals surface area contributed by atoms with E-state index in [1.807, 2.05) is 6.07 Å². The van der Waals surface area contributed by atoms with Crippen molar-refractivity contribution >= 4 is 10.9 Å². The molecule has 0 spiro atoms. The van der Waals surface area contributed by atoms with Crippen LogP contribution in [0.5, 0.6) is 17.2 Å². The Balaban J connectivity index is 1.54. The molecule has 1 saturated heterocycles. The molecule has 2 N–H and O–H groups in total. The fraction of sp³-hybridized carbons (Fsp3) is 0.481. The molecule has 186 valence electrons. The average Bonchev–Trinajstić information content (AvgIpc) is 3.32. The Kier molecular flexibility index (Phi) is 6.32. The van der Waals surface area contributed by atoms with E-state index in [2.05, 4.69) is 29.4 Å². The van der Waals surface area contributed by atoms with E-state index in [0.717, 1.165) is 31.6 Å². The van der Waals surface area contributed by atoms with Crippen molar-refractivity contribution in [3.05, 3.63) is 62.3 Å². The summed E-state index contributed by atoms with van der Waals surface area (Å²) in [7, 11) is 4.78. The molecule has 5 rings (SSSR count). The number of nitrogens with zero attached hydrogens (tertiary/aromatic N) is 1. The molecule has 2 heterocycles. The second-order valence-electron chi connectivity index (χ2n) is 9.56. The standard InChI is InChI=1S/C27H33N3O5/c1-5-15(25-24-17(13-28-25)10-9-16-7-6-8-20(33-2)23(16)24)14-30-26(31)18-11-21(34-3)22(35-4)12-19(18)29-27(30)32/h6-8,11-12,15,17,24-25,28H,5,9-10,13-14H2,1-4H3,(H,29,32)/t15?,17-,24+,25?/m0/s1. The molecule has 2 aromatic carbocycles. The van der Waals surface area contributed by atoms with Crippen molar-refractivity contribution < 1.29 is 14.2 Å². The first-order valence-electron chi connectivity index (χ1n) is 12.3. The molecule has 0 saturated carbocycles. The van der Waals surface area contributed by atoms with Crippen LogP contribution in [0.1, 0.15) is 36.8 Å². The zero-order valence-corrected chi connectivity index (χ0v) is 20.7. The van der Waals surface area contributed by atoms with E-state index in [1.54, 1.807) is 19.2 Å². The van der Waals surface area contributed by atoms with E-state index in [0.29, 0.717) is 40.8 Å². The summed E-state index contributed by atoms with van der Waals surface area (Å²) in [6.07, 6.45) is 3.01. The lowest BCUT2D eigenvalue weighted by Gasteiger charge is -2.35. The van der Waals surface area contributed by atoms with Crippen LogP contribution in [-0.2, 0) is 13.0 Å². The van der Waals surface area contributed by atoms with Crippen molar-refractivity contribution in [2.24, 2.45) is 11.8 Å². The first kappa shape index (κ1) is 23.5. The Morgan fingerprint density at radius 3 is 2.51 bits per heavy atom. The number of H-pyrrole nitrogens is 1. The van der Waals surface area contributed by atoms with Gasteiger partial charge in [-0.25, -0.2) is 4.79 Å². The molecule has 1 fully saturated rings. The van der Waals surface area contributed by atoms with Gasteiger partial charge < -0.3 is 24.5 Å². The minimum atomic E-state index is -0.413. The fourth-order valence-electron chi connectivity index (χ4n) is 6.17. The number of hydrogen-bond donors (Lipinski definition) is 2. The lowest BCUT2D eigenvalue weighted by Crippen LogP contribution is -2.43. The van der Waals surface area contributed by atoms with E-state index < -0.39 is 5.69 Å². The molecule has 8 heteroatoms. The van der Waals surface area contributed by atoms with Crippen LogP contribution >= 0.6 is 0 Å². The van der Waals surface area contributed by atoms with Crippen molar-refractivity contribution in [3.8, 4) is 17.2 Å². The first-order valence-corrected chi connectivity index (χ1v) is 12.3. The highest BCUT2D eigenvalue weighted by Gasteiger charge is 2.44. The number of aryl methyl sites for hydroxylation is 1. The maximum Gasteiger partial charge on any atom is 0.328 e. The predicted octanol–water partition coefficient (Wildman–Crippen LogP) is 3.06. The Bertz CT molecular complexity index is 1350. The number of aromatic amines is 1. The number of methoxy groups -OCH3 is 3. The van der Waals surface area contributed by atoms with Gasteiger partial charge in [0.15, 0.2) is 11.5 Å². The summed E-state index contributed by atoms with van der Waals surface area (Å²) in [4.78, 5) is 29.4. The molecule has 2 unspecified atom stereocenters. The molecule has 0 amide bonds. The molecule has 8 nitrogen and oxygen atoms in total. The van der Waals surface area contributed by atoms with Gasteiger partial charge in [0, 0.05) is 30.1 Å². The van der Waals surface area contributed by atoms with Gasteiger partial charge in [-0.2, -0.15) is 0 Å². The molecule has 3 aromatic rings. The van der Waals surface area contributed by atoms with Crippen molar-refractivity contribution in [3.63, 3.8) is 0 Å². The highest BCUT2D eigenvalue weighted by atomic mass is 16.5. The number of aromatic nitrogens is 2. The normalized spacial score (nSPS) is 21.9. The smallest absolute Gasteiger partial charge is 0.328 e. The van der Waals surface area contributed by atoms with Gasteiger partial charge in [-0.15, -0.1) is 0 Å². The Morgan fingerprint density at radius 2 is 1.80 bits per heavy atom. The molecule has 4 atom stereocenters. The molecule has 1 aliphatic heterocycles. The van der Waals surface area contributed by atoms with Crippen LogP contribution in [0.25, 0.3) is 10.9 Å². The Labute approximate surface area is 204 Å². The summed E-state index contributed by atoms with van der Waals surface area (Å²) in [5.74, 6) is 2.75. The van der Waals surface area contributed by atoms with Gasteiger partial charge in [-0.1, -0.05) is 25.5 Å². The van der Waals surface area contributed by atoms with Crippen LogP contribution in [0.15, 0.2) is 39.9 Å². The number of nitrogens with one attached hydrogen (secondary N) is 2. The molecule has 1 aliphatic carbocycles. The van der Waals surface area contributed by atoms with Crippen LogP contribution < -0.4 is 30.8 Å². The third kappa shape index (κ3) is 3.89.